The van der Waals surface area contributed by atoms with Gasteiger partial charge in [0, 0.05) is 22.6 Å². The van der Waals surface area contributed by atoms with E-state index < -0.39 is 0 Å². The largest absolute Gasteiger partial charge is 0.311 e. The van der Waals surface area contributed by atoms with Crippen LogP contribution in [-0.4, -0.2) is 23.7 Å². The minimum Gasteiger partial charge on any atom is -0.311 e. The Hall–Kier alpha value is -4.36. The van der Waals surface area contributed by atoms with Gasteiger partial charge in [0.25, 0.3) is 0 Å². The molecule has 0 aliphatic rings. The lowest BCUT2D eigenvalue weighted by Crippen LogP contribution is -2.09. The molecule has 0 spiro atoms. The summed E-state index contributed by atoms with van der Waals surface area (Å²) in [6.45, 7) is 0. The first-order valence-electron chi connectivity index (χ1n) is 10.5. The topological polar surface area (TPSA) is 59.7 Å². The lowest BCUT2D eigenvalue weighted by molar-refractivity contribution is 0.804. The van der Waals surface area contributed by atoms with E-state index in [0.717, 1.165) is 45.0 Å². The first-order valence-corrected chi connectivity index (χ1v) is 11.2. The van der Waals surface area contributed by atoms with Gasteiger partial charge < -0.3 is 4.90 Å². The molecule has 158 valence electrons. The highest BCUT2D eigenvalue weighted by Crippen LogP contribution is 2.35. The van der Waals surface area contributed by atoms with Crippen LogP contribution in [0.4, 0.5) is 17.1 Å². The van der Waals surface area contributed by atoms with E-state index in [2.05, 4.69) is 96.8 Å². The molecule has 0 bridgehead atoms. The van der Waals surface area contributed by atoms with Crippen LogP contribution in [0.2, 0.25) is 0 Å². The molecule has 7 heteroatoms. The molecule has 0 amide bonds. The Morgan fingerprint density at radius 2 is 1.27 bits per heavy atom. The molecule has 0 unspecified atom stereocenters. The Labute approximate surface area is 194 Å². The quantitative estimate of drug-likeness (QED) is 0.306. The molecule has 2 aromatic heterocycles. The van der Waals surface area contributed by atoms with Crippen molar-refractivity contribution in [1.82, 2.24) is 23.7 Å². The molecule has 6 rings (SSSR count). The molecule has 6 nitrogen and oxygen atoms in total. The van der Waals surface area contributed by atoms with Gasteiger partial charge >= 0.3 is 0 Å². The SMILES string of the molecule is c1ccc(N(c2ccccc2)c2ccc(-c3cn(-c4ccc5nsnc5c4)nn3)cc2)cc1. The highest BCUT2D eigenvalue weighted by Gasteiger charge is 2.13. The number of nitrogens with zero attached hydrogens (tertiary/aromatic N) is 6. The fourth-order valence-electron chi connectivity index (χ4n) is 3.82. The number of para-hydroxylation sites is 2. The molecule has 0 aliphatic heterocycles. The van der Waals surface area contributed by atoms with Crippen molar-refractivity contribution < 1.29 is 0 Å². The third-order valence-electron chi connectivity index (χ3n) is 5.45. The van der Waals surface area contributed by atoms with Gasteiger partial charge in [-0.05, 0) is 54.6 Å². The van der Waals surface area contributed by atoms with E-state index in [4.69, 9.17) is 0 Å². The molecular weight excluding hydrogens is 428 g/mol. The fourth-order valence-corrected chi connectivity index (χ4v) is 4.34. The van der Waals surface area contributed by atoms with Crippen molar-refractivity contribution >= 4 is 39.8 Å². The van der Waals surface area contributed by atoms with Gasteiger partial charge in [-0.1, -0.05) is 53.7 Å². The lowest BCUT2D eigenvalue weighted by Gasteiger charge is -2.25. The molecule has 0 radical (unpaired) electrons. The average Bonchev–Trinajstić information content (AvgIpc) is 3.56. The second kappa shape index (κ2) is 8.29. The van der Waals surface area contributed by atoms with E-state index >= 15 is 0 Å². The van der Waals surface area contributed by atoms with Crippen molar-refractivity contribution in [2.75, 3.05) is 4.90 Å². The predicted octanol–water partition coefficient (Wildman–Crippen LogP) is 6.41. The first kappa shape index (κ1) is 19.3. The van der Waals surface area contributed by atoms with E-state index in [9.17, 15) is 0 Å². The number of fused-ring (bicyclic) bond motifs is 1. The van der Waals surface area contributed by atoms with E-state index in [-0.39, 0.29) is 0 Å². The summed E-state index contributed by atoms with van der Waals surface area (Å²) in [5.74, 6) is 0. The van der Waals surface area contributed by atoms with Crippen molar-refractivity contribution in [3.8, 4) is 16.9 Å². The Kier molecular flexibility index (Phi) is 4.86. The zero-order valence-corrected chi connectivity index (χ0v) is 18.3. The van der Waals surface area contributed by atoms with Crippen LogP contribution < -0.4 is 4.90 Å². The van der Waals surface area contributed by atoms with Crippen LogP contribution in [0.3, 0.4) is 0 Å². The monoisotopic (exact) mass is 446 g/mol. The van der Waals surface area contributed by atoms with Gasteiger partial charge in [-0.3, -0.25) is 0 Å². The van der Waals surface area contributed by atoms with E-state index in [0.29, 0.717) is 0 Å². The predicted molar refractivity (Wildman–Crippen MR) is 132 cm³/mol. The minimum atomic E-state index is 0.809. The molecular formula is C26H18N6S. The lowest BCUT2D eigenvalue weighted by atomic mass is 10.1. The van der Waals surface area contributed by atoms with Crippen LogP contribution in [0.15, 0.2) is 109 Å². The molecule has 6 aromatic rings. The van der Waals surface area contributed by atoms with E-state index in [1.165, 1.54) is 11.7 Å². The smallest absolute Gasteiger partial charge is 0.113 e. The number of aromatic nitrogens is 5. The normalized spacial score (nSPS) is 11.0. The number of hydrogen-bond donors (Lipinski definition) is 0. The maximum absolute atomic E-state index is 4.39. The second-order valence-electron chi connectivity index (χ2n) is 7.54. The van der Waals surface area contributed by atoms with Gasteiger partial charge in [0.2, 0.25) is 0 Å². The summed E-state index contributed by atoms with van der Waals surface area (Å²) >= 11 is 1.21. The molecule has 0 aliphatic carbocycles. The molecule has 0 saturated heterocycles. The zero-order chi connectivity index (χ0) is 22.0. The minimum absolute atomic E-state index is 0.809. The summed E-state index contributed by atoms with van der Waals surface area (Å²) in [4.78, 5) is 2.23. The Bertz CT molecular complexity index is 1470. The van der Waals surface area contributed by atoms with Crippen LogP contribution in [0.1, 0.15) is 0 Å². The standard InChI is InChI=1S/C26H18N6S/c1-3-7-20(8-4-1)32(21-9-5-2-6-10-21)22-13-11-19(12-14-22)26-18-31(30-27-26)23-15-16-24-25(17-23)29-33-28-24/h1-18H. The van der Waals surface area contributed by atoms with Crippen LogP contribution >= 0.6 is 11.7 Å². The van der Waals surface area contributed by atoms with E-state index in [1.807, 2.05) is 36.5 Å². The van der Waals surface area contributed by atoms with Crippen LogP contribution in [0.5, 0.6) is 0 Å². The Morgan fingerprint density at radius 1 is 0.636 bits per heavy atom. The Balaban J connectivity index is 1.32. The average molecular weight is 447 g/mol. The Morgan fingerprint density at radius 3 is 1.97 bits per heavy atom. The van der Waals surface area contributed by atoms with Crippen LogP contribution in [0.25, 0.3) is 28.0 Å². The molecule has 4 aromatic carbocycles. The number of benzene rings is 4. The second-order valence-corrected chi connectivity index (χ2v) is 8.07. The molecule has 33 heavy (non-hydrogen) atoms. The molecule has 0 atom stereocenters. The van der Waals surface area contributed by atoms with Crippen molar-refractivity contribution in [2.24, 2.45) is 0 Å². The van der Waals surface area contributed by atoms with Gasteiger partial charge in [0.1, 0.15) is 16.7 Å². The third-order valence-corrected chi connectivity index (χ3v) is 6.00. The van der Waals surface area contributed by atoms with Crippen molar-refractivity contribution in [3.63, 3.8) is 0 Å². The first-order chi connectivity index (χ1) is 16.3. The van der Waals surface area contributed by atoms with Crippen LogP contribution in [-0.2, 0) is 0 Å². The van der Waals surface area contributed by atoms with Crippen molar-refractivity contribution in [2.45, 2.75) is 0 Å². The highest BCUT2D eigenvalue weighted by atomic mass is 32.1. The number of anilines is 3. The van der Waals surface area contributed by atoms with Gasteiger partial charge in [-0.25, -0.2) is 4.68 Å². The summed E-state index contributed by atoms with van der Waals surface area (Å²) < 4.78 is 10.3. The van der Waals surface area contributed by atoms with E-state index in [1.54, 1.807) is 4.68 Å². The van der Waals surface area contributed by atoms with Crippen LogP contribution in [0, 0.1) is 0 Å². The molecule has 0 N–H and O–H groups in total. The third kappa shape index (κ3) is 3.75. The molecule has 2 heterocycles. The molecule has 0 saturated carbocycles. The van der Waals surface area contributed by atoms with Gasteiger partial charge in [-0.2, -0.15) is 8.75 Å². The number of rotatable bonds is 5. The summed E-state index contributed by atoms with van der Waals surface area (Å²) in [6, 6.07) is 35.0. The van der Waals surface area contributed by atoms with Crippen molar-refractivity contribution in [3.05, 3.63) is 109 Å². The summed E-state index contributed by atoms with van der Waals surface area (Å²) in [7, 11) is 0. The summed E-state index contributed by atoms with van der Waals surface area (Å²) in [5, 5.41) is 8.71. The zero-order valence-electron chi connectivity index (χ0n) is 17.5. The fraction of sp³-hybridized carbons (Fsp3) is 0. The number of hydrogen-bond acceptors (Lipinski definition) is 6. The highest BCUT2D eigenvalue weighted by molar-refractivity contribution is 7.00. The van der Waals surface area contributed by atoms with Gasteiger partial charge in [0.05, 0.1) is 23.6 Å². The van der Waals surface area contributed by atoms with Gasteiger partial charge in [0.15, 0.2) is 0 Å². The van der Waals surface area contributed by atoms with Gasteiger partial charge in [-0.15, -0.1) is 5.10 Å². The maximum atomic E-state index is 4.39. The summed E-state index contributed by atoms with van der Waals surface area (Å²) in [6.07, 6.45) is 1.93. The maximum Gasteiger partial charge on any atom is 0.113 e. The summed E-state index contributed by atoms with van der Waals surface area (Å²) in [5.41, 5.74) is 7.76. The molecule has 0 fully saturated rings. The van der Waals surface area contributed by atoms with Crippen molar-refractivity contribution in [1.29, 1.82) is 0 Å².